The zero-order valence-corrected chi connectivity index (χ0v) is 10.00. The molecule has 94 valence electrons. The lowest BCUT2D eigenvalue weighted by atomic mass is 10.3. The molecule has 0 amide bonds. The first-order chi connectivity index (χ1) is 8.04. The van der Waals surface area contributed by atoms with E-state index >= 15 is 0 Å². The lowest BCUT2D eigenvalue weighted by Gasteiger charge is -2.06. The summed E-state index contributed by atoms with van der Waals surface area (Å²) in [5, 5.41) is 3.80. The van der Waals surface area contributed by atoms with Gasteiger partial charge in [-0.2, -0.15) is 13.2 Å². The molecule has 0 bridgehead atoms. The number of nitrogens with one attached hydrogen (secondary N) is 1. The Labute approximate surface area is 101 Å². The molecule has 2 nitrogen and oxygen atoms in total. The quantitative estimate of drug-likeness (QED) is 0.900. The van der Waals surface area contributed by atoms with E-state index in [0.717, 1.165) is 25.7 Å². The largest absolute Gasteiger partial charge is 0.434 e. The summed E-state index contributed by atoms with van der Waals surface area (Å²) in [5.41, 5.74) is -0.669. The third kappa shape index (κ3) is 2.63. The van der Waals surface area contributed by atoms with Crippen LogP contribution in [0.2, 0.25) is 0 Å². The molecule has 1 aromatic heterocycles. The molecule has 1 N–H and O–H groups in total. The van der Waals surface area contributed by atoms with Gasteiger partial charge in [-0.1, -0.05) is 0 Å². The number of alkyl halides is 3. The molecule has 17 heavy (non-hydrogen) atoms. The fourth-order valence-electron chi connectivity index (χ4n) is 1.74. The zero-order valence-electron chi connectivity index (χ0n) is 9.18. The van der Waals surface area contributed by atoms with Crippen LogP contribution in [0.1, 0.15) is 47.2 Å². The van der Waals surface area contributed by atoms with Gasteiger partial charge in [-0.3, -0.25) is 0 Å². The summed E-state index contributed by atoms with van der Waals surface area (Å²) in [5.74, 6) is 0.288. The Morgan fingerprint density at radius 1 is 1.24 bits per heavy atom. The van der Waals surface area contributed by atoms with Crippen LogP contribution in [0.5, 0.6) is 0 Å². The number of hydrogen-bond acceptors (Lipinski definition) is 3. The van der Waals surface area contributed by atoms with Crippen LogP contribution in [-0.4, -0.2) is 11.0 Å². The maximum Gasteiger partial charge on any atom is 0.434 e. The molecule has 2 aliphatic rings. The van der Waals surface area contributed by atoms with Crippen LogP contribution in [0.3, 0.4) is 0 Å². The molecule has 0 atom stereocenters. The fourth-order valence-corrected chi connectivity index (χ4v) is 2.95. The van der Waals surface area contributed by atoms with Gasteiger partial charge in [0, 0.05) is 18.5 Å². The van der Waals surface area contributed by atoms with Crippen molar-refractivity contribution in [3.8, 4) is 0 Å². The van der Waals surface area contributed by atoms with Crippen LogP contribution >= 0.6 is 11.3 Å². The first kappa shape index (κ1) is 11.5. The van der Waals surface area contributed by atoms with E-state index in [2.05, 4.69) is 10.3 Å². The summed E-state index contributed by atoms with van der Waals surface area (Å²) >= 11 is 1.23. The standard InChI is InChI=1S/C11H13F3N2S/c12-11(13,14)9-8(5-15-7-3-4-7)17-10(16-9)6-1-2-6/h6-7,15H,1-5H2. The highest BCUT2D eigenvalue weighted by Gasteiger charge is 2.39. The molecule has 2 aliphatic carbocycles. The Morgan fingerprint density at radius 2 is 1.94 bits per heavy atom. The molecule has 0 radical (unpaired) electrons. The number of hydrogen-bond donors (Lipinski definition) is 1. The van der Waals surface area contributed by atoms with Gasteiger partial charge in [0.2, 0.25) is 0 Å². The number of halogens is 3. The van der Waals surface area contributed by atoms with E-state index in [0.29, 0.717) is 22.5 Å². The molecule has 2 saturated carbocycles. The van der Waals surface area contributed by atoms with E-state index in [1.54, 1.807) is 0 Å². The summed E-state index contributed by atoms with van der Waals surface area (Å²) < 4.78 is 38.4. The van der Waals surface area contributed by atoms with Gasteiger partial charge in [0.1, 0.15) is 0 Å². The highest BCUT2D eigenvalue weighted by atomic mass is 32.1. The molecule has 0 saturated heterocycles. The van der Waals surface area contributed by atoms with Gasteiger partial charge in [-0.25, -0.2) is 4.98 Å². The molecule has 3 rings (SSSR count). The Balaban J connectivity index is 1.81. The number of rotatable bonds is 4. The van der Waals surface area contributed by atoms with E-state index < -0.39 is 11.9 Å². The minimum absolute atomic E-state index is 0.288. The van der Waals surface area contributed by atoms with Crippen molar-refractivity contribution < 1.29 is 13.2 Å². The van der Waals surface area contributed by atoms with Gasteiger partial charge in [-0.05, 0) is 25.7 Å². The van der Waals surface area contributed by atoms with Gasteiger partial charge in [0.25, 0.3) is 0 Å². The van der Waals surface area contributed by atoms with Gasteiger partial charge < -0.3 is 5.32 Å². The van der Waals surface area contributed by atoms with Gasteiger partial charge >= 0.3 is 6.18 Å². The van der Waals surface area contributed by atoms with Crippen LogP contribution in [0.15, 0.2) is 0 Å². The van der Waals surface area contributed by atoms with Crippen molar-refractivity contribution in [1.29, 1.82) is 0 Å². The van der Waals surface area contributed by atoms with Crippen molar-refractivity contribution in [3.63, 3.8) is 0 Å². The average molecular weight is 262 g/mol. The Hall–Kier alpha value is -0.620. The topological polar surface area (TPSA) is 24.9 Å². The number of thiazole rings is 1. The van der Waals surface area contributed by atoms with Crippen molar-refractivity contribution in [2.24, 2.45) is 0 Å². The summed E-state index contributed by atoms with van der Waals surface area (Å²) in [6.07, 6.45) is -0.184. The van der Waals surface area contributed by atoms with Crippen molar-refractivity contribution in [3.05, 3.63) is 15.6 Å². The second-order valence-electron chi connectivity index (χ2n) is 4.75. The lowest BCUT2D eigenvalue weighted by Crippen LogP contribution is -2.18. The van der Waals surface area contributed by atoms with Crippen LogP contribution < -0.4 is 5.32 Å². The van der Waals surface area contributed by atoms with Crippen molar-refractivity contribution in [2.45, 2.75) is 50.4 Å². The Morgan fingerprint density at radius 3 is 2.47 bits per heavy atom. The summed E-state index contributed by atoms with van der Waals surface area (Å²) in [6, 6.07) is 0.419. The van der Waals surface area contributed by atoms with E-state index in [4.69, 9.17) is 0 Å². The lowest BCUT2D eigenvalue weighted by molar-refractivity contribution is -0.141. The van der Waals surface area contributed by atoms with Crippen molar-refractivity contribution in [2.75, 3.05) is 0 Å². The van der Waals surface area contributed by atoms with E-state index in [1.165, 1.54) is 11.3 Å². The second-order valence-corrected chi connectivity index (χ2v) is 5.87. The smallest absolute Gasteiger partial charge is 0.309 e. The highest BCUT2D eigenvalue weighted by Crippen LogP contribution is 2.45. The zero-order chi connectivity index (χ0) is 12.0. The molecular weight excluding hydrogens is 249 g/mol. The Bertz CT molecular complexity index is 419. The molecule has 0 unspecified atom stereocenters. The van der Waals surface area contributed by atoms with Crippen LogP contribution in [0.4, 0.5) is 13.2 Å². The summed E-state index contributed by atoms with van der Waals surface area (Å²) in [7, 11) is 0. The molecule has 0 aliphatic heterocycles. The van der Waals surface area contributed by atoms with Gasteiger partial charge in [-0.15, -0.1) is 11.3 Å². The molecule has 6 heteroatoms. The first-order valence-corrected chi connectivity index (χ1v) is 6.66. The minimum Gasteiger partial charge on any atom is -0.309 e. The van der Waals surface area contributed by atoms with Gasteiger partial charge in [0.15, 0.2) is 5.69 Å². The normalized spacial score (nSPS) is 20.9. The SMILES string of the molecule is FC(F)(F)c1nc(C2CC2)sc1CNC1CC1. The van der Waals surface area contributed by atoms with E-state index in [-0.39, 0.29) is 5.92 Å². The van der Waals surface area contributed by atoms with E-state index in [1.807, 2.05) is 0 Å². The Kier molecular flexibility index (Phi) is 2.66. The maximum atomic E-state index is 12.8. The second kappa shape index (κ2) is 3.95. The molecule has 1 heterocycles. The van der Waals surface area contributed by atoms with Crippen molar-refractivity contribution >= 4 is 11.3 Å². The first-order valence-electron chi connectivity index (χ1n) is 5.84. The third-order valence-corrected chi connectivity index (χ3v) is 4.26. The number of nitrogens with zero attached hydrogens (tertiary/aromatic N) is 1. The van der Waals surface area contributed by atoms with Crippen LogP contribution in [0, 0.1) is 0 Å². The van der Waals surface area contributed by atoms with Gasteiger partial charge in [0.05, 0.1) is 9.88 Å². The van der Waals surface area contributed by atoms with Crippen LogP contribution in [-0.2, 0) is 12.7 Å². The predicted molar refractivity (Wildman–Crippen MR) is 59.0 cm³/mol. The minimum atomic E-state index is -4.32. The highest BCUT2D eigenvalue weighted by molar-refractivity contribution is 7.11. The molecule has 0 spiro atoms. The fraction of sp³-hybridized carbons (Fsp3) is 0.727. The predicted octanol–water partition coefficient (Wildman–Crippen LogP) is 3.29. The molecular formula is C11H13F3N2S. The molecule has 2 fully saturated rings. The number of aromatic nitrogens is 1. The third-order valence-electron chi connectivity index (χ3n) is 3.04. The summed E-state index contributed by atoms with van der Waals surface area (Å²) in [4.78, 5) is 4.15. The molecule has 0 aromatic carbocycles. The van der Waals surface area contributed by atoms with Crippen molar-refractivity contribution in [1.82, 2.24) is 10.3 Å². The molecule has 1 aromatic rings. The monoisotopic (exact) mass is 262 g/mol. The van der Waals surface area contributed by atoms with E-state index in [9.17, 15) is 13.2 Å². The maximum absolute atomic E-state index is 12.8. The van der Waals surface area contributed by atoms with Crippen LogP contribution in [0.25, 0.3) is 0 Å². The average Bonchev–Trinajstić information content (AvgIpc) is 3.13. The summed E-state index contributed by atoms with van der Waals surface area (Å²) in [6.45, 7) is 0.309.